The molecule has 0 fully saturated rings. The van der Waals surface area contributed by atoms with Crippen LogP contribution in [0.4, 0.5) is 5.69 Å². The molecule has 1 aliphatic rings. The SMILES string of the molecule is Cc1ccc2c(c1)nc(C1=C(O)CN(c3cc(Cl)ccc3C)C1=N)n2C. The molecule has 6 heteroatoms. The van der Waals surface area contributed by atoms with Crippen LogP contribution in [0.25, 0.3) is 16.6 Å². The number of aromatic nitrogens is 2. The second kappa shape index (κ2) is 5.88. The average molecular weight is 367 g/mol. The quantitative estimate of drug-likeness (QED) is 0.696. The number of anilines is 1. The van der Waals surface area contributed by atoms with E-state index in [0.29, 0.717) is 16.4 Å². The molecule has 0 radical (unpaired) electrons. The third-order valence-corrected chi connectivity index (χ3v) is 5.06. The Labute approximate surface area is 156 Å². The van der Waals surface area contributed by atoms with Crippen molar-refractivity contribution in [1.29, 1.82) is 5.41 Å². The van der Waals surface area contributed by atoms with Crippen LogP contribution in [0.5, 0.6) is 0 Å². The maximum absolute atomic E-state index is 10.6. The summed E-state index contributed by atoms with van der Waals surface area (Å²) in [6, 6.07) is 11.6. The van der Waals surface area contributed by atoms with Crippen molar-refractivity contribution in [3.05, 3.63) is 64.1 Å². The number of aliphatic hydroxyl groups excluding tert-OH is 1. The summed E-state index contributed by atoms with van der Waals surface area (Å²) in [5.41, 5.74) is 5.22. The molecule has 3 aromatic rings. The lowest BCUT2D eigenvalue weighted by Crippen LogP contribution is -2.27. The number of benzene rings is 2. The predicted octanol–water partition coefficient (Wildman–Crippen LogP) is 4.61. The number of halogens is 1. The van der Waals surface area contributed by atoms with Gasteiger partial charge in [0.2, 0.25) is 0 Å². The third-order valence-electron chi connectivity index (χ3n) is 4.83. The van der Waals surface area contributed by atoms with E-state index in [-0.39, 0.29) is 18.1 Å². The highest BCUT2D eigenvalue weighted by Crippen LogP contribution is 2.34. The van der Waals surface area contributed by atoms with E-state index in [2.05, 4.69) is 4.98 Å². The Hall–Kier alpha value is -2.79. The highest BCUT2D eigenvalue weighted by molar-refractivity contribution is 6.32. The van der Waals surface area contributed by atoms with E-state index in [1.54, 1.807) is 4.90 Å². The summed E-state index contributed by atoms with van der Waals surface area (Å²) < 4.78 is 1.92. The number of aryl methyl sites for hydroxylation is 3. The Bertz CT molecular complexity index is 1100. The summed E-state index contributed by atoms with van der Waals surface area (Å²) in [4.78, 5) is 6.44. The van der Waals surface area contributed by atoms with Gasteiger partial charge in [0.05, 0.1) is 23.2 Å². The molecular formula is C20H19ClN4O. The third kappa shape index (κ3) is 2.47. The number of nitrogens with zero attached hydrogens (tertiary/aromatic N) is 3. The Morgan fingerprint density at radius 1 is 1.15 bits per heavy atom. The molecule has 0 bridgehead atoms. The molecule has 0 atom stereocenters. The lowest BCUT2D eigenvalue weighted by molar-refractivity contribution is 0.411. The summed E-state index contributed by atoms with van der Waals surface area (Å²) in [6.07, 6.45) is 0. The van der Waals surface area contributed by atoms with Crippen molar-refractivity contribution in [2.75, 3.05) is 11.4 Å². The first kappa shape index (κ1) is 16.7. The summed E-state index contributed by atoms with van der Waals surface area (Å²) in [5, 5.41) is 19.9. The molecule has 1 aliphatic heterocycles. The van der Waals surface area contributed by atoms with Crippen molar-refractivity contribution < 1.29 is 5.11 Å². The first-order chi connectivity index (χ1) is 12.4. The van der Waals surface area contributed by atoms with E-state index in [0.717, 1.165) is 27.8 Å². The largest absolute Gasteiger partial charge is 0.509 e. The molecule has 132 valence electrons. The zero-order chi connectivity index (χ0) is 18.6. The van der Waals surface area contributed by atoms with Gasteiger partial charge >= 0.3 is 0 Å². The number of aliphatic hydroxyl groups is 1. The van der Waals surface area contributed by atoms with Gasteiger partial charge in [0.25, 0.3) is 0 Å². The standard InChI is InChI=1S/C20H19ClN4O/c1-11-4-7-15-14(8-11)23-20(24(15)3)18-17(26)10-25(19(18)22)16-9-13(21)6-5-12(16)2/h4-9,22,26H,10H2,1-3H3. The topological polar surface area (TPSA) is 65.1 Å². The number of amidine groups is 1. The normalized spacial score (nSPS) is 14.8. The van der Waals surface area contributed by atoms with Crippen molar-refractivity contribution in [3.63, 3.8) is 0 Å². The van der Waals surface area contributed by atoms with Gasteiger partial charge in [-0.2, -0.15) is 0 Å². The van der Waals surface area contributed by atoms with Crippen LogP contribution in [0.2, 0.25) is 5.02 Å². The maximum atomic E-state index is 10.6. The Kier molecular flexibility index (Phi) is 3.77. The molecule has 0 saturated heterocycles. The first-order valence-electron chi connectivity index (χ1n) is 8.35. The van der Waals surface area contributed by atoms with Gasteiger partial charge in [0.15, 0.2) is 0 Å². The summed E-state index contributed by atoms with van der Waals surface area (Å²) in [5.74, 6) is 0.961. The van der Waals surface area contributed by atoms with Crippen molar-refractivity contribution in [1.82, 2.24) is 9.55 Å². The fourth-order valence-electron chi connectivity index (χ4n) is 3.43. The molecule has 2 heterocycles. The molecule has 26 heavy (non-hydrogen) atoms. The van der Waals surface area contributed by atoms with E-state index in [1.165, 1.54) is 0 Å². The van der Waals surface area contributed by atoms with Gasteiger partial charge in [-0.1, -0.05) is 23.7 Å². The number of rotatable bonds is 2. The van der Waals surface area contributed by atoms with E-state index >= 15 is 0 Å². The average Bonchev–Trinajstić information content (AvgIpc) is 3.06. The summed E-state index contributed by atoms with van der Waals surface area (Å²) in [6.45, 7) is 4.22. The van der Waals surface area contributed by atoms with E-state index in [4.69, 9.17) is 17.0 Å². The van der Waals surface area contributed by atoms with Gasteiger partial charge in [-0.3, -0.25) is 5.41 Å². The van der Waals surface area contributed by atoms with Crippen molar-refractivity contribution in [3.8, 4) is 0 Å². The first-order valence-corrected chi connectivity index (χ1v) is 8.73. The Balaban J connectivity index is 1.81. The van der Waals surface area contributed by atoms with Crippen LogP contribution in [-0.2, 0) is 7.05 Å². The summed E-state index contributed by atoms with van der Waals surface area (Å²) >= 11 is 6.14. The molecule has 1 aromatic heterocycles. The zero-order valence-electron chi connectivity index (χ0n) is 14.8. The van der Waals surface area contributed by atoms with Crippen LogP contribution in [-0.4, -0.2) is 27.0 Å². The number of nitrogens with one attached hydrogen (secondary N) is 1. The predicted molar refractivity (Wildman–Crippen MR) is 106 cm³/mol. The van der Waals surface area contributed by atoms with Crippen molar-refractivity contribution >= 4 is 39.7 Å². The molecule has 4 rings (SSSR count). The minimum absolute atomic E-state index is 0.143. The fraction of sp³-hybridized carbons (Fsp3) is 0.200. The Morgan fingerprint density at radius 3 is 2.69 bits per heavy atom. The van der Waals surface area contributed by atoms with Crippen molar-refractivity contribution in [2.45, 2.75) is 13.8 Å². The van der Waals surface area contributed by atoms with Crippen LogP contribution in [0.3, 0.4) is 0 Å². The van der Waals surface area contributed by atoms with Gasteiger partial charge in [-0.15, -0.1) is 0 Å². The number of imidazole rings is 1. The lowest BCUT2D eigenvalue weighted by Gasteiger charge is -2.21. The van der Waals surface area contributed by atoms with Crippen molar-refractivity contribution in [2.24, 2.45) is 7.05 Å². The number of fused-ring (bicyclic) bond motifs is 1. The second-order valence-electron chi connectivity index (χ2n) is 6.67. The monoisotopic (exact) mass is 366 g/mol. The van der Waals surface area contributed by atoms with Crippen LogP contribution in [0, 0.1) is 19.3 Å². The smallest absolute Gasteiger partial charge is 0.148 e. The molecule has 0 spiro atoms. The minimum atomic E-state index is 0.143. The van der Waals surface area contributed by atoms with E-state index in [1.807, 2.05) is 61.9 Å². The minimum Gasteiger partial charge on any atom is -0.509 e. The van der Waals surface area contributed by atoms with Crippen LogP contribution in [0.1, 0.15) is 17.0 Å². The van der Waals surface area contributed by atoms with Gasteiger partial charge in [0, 0.05) is 17.8 Å². The molecule has 0 aliphatic carbocycles. The number of hydrogen-bond acceptors (Lipinski definition) is 3. The molecular weight excluding hydrogens is 348 g/mol. The highest BCUT2D eigenvalue weighted by Gasteiger charge is 2.33. The van der Waals surface area contributed by atoms with Gasteiger partial charge < -0.3 is 14.6 Å². The molecule has 2 aromatic carbocycles. The fourth-order valence-corrected chi connectivity index (χ4v) is 3.59. The van der Waals surface area contributed by atoms with Crippen LogP contribution < -0.4 is 4.90 Å². The lowest BCUT2D eigenvalue weighted by atomic mass is 10.1. The summed E-state index contributed by atoms with van der Waals surface area (Å²) in [7, 11) is 1.90. The zero-order valence-corrected chi connectivity index (χ0v) is 15.6. The van der Waals surface area contributed by atoms with Crippen LogP contribution >= 0.6 is 11.6 Å². The molecule has 5 nitrogen and oxygen atoms in total. The molecule has 0 amide bonds. The maximum Gasteiger partial charge on any atom is 0.148 e. The van der Waals surface area contributed by atoms with Gasteiger partial charge in [-0.05, 0) is 49.2 Å². The van der Waals surface area contributed by atoms with Gasteiger partial charge in [0.1, 0.15) is 17.4 Å². The van der Waals surface area contributed by atoms with E-state index < -0.39 is 0 Å². The van der Waals surface area contributed by atoms with E-state index in [9.17, 15) is 5.11 Å². The second-order valence-corrected chi connectivity index (χ2v) is 7.11. The Morgan fingerprint density at radius 2 is 1.92 bits per heavy atom. The van der Waals surface area contributed by atoms with Gasteiger partial charge in [-0.25, -0.2) is 4.98 Å². The highest BCUT2D eigenvalue weighted by atomic mass is 35.5. The van der Waals surface area contributed by atoms with Crippen LogP contribution in [0.15, 0.2) is 42.2 Å². The molecule has 0 unspecified atom stereocenters. The molecule has 2 N–H and O–H groups in total. The number of hydrogen-bond donors (Lipinski definition) is 2. The molecule has 0 saturated carbocycles.